The van der Waals surface area contributed by atoms with E-state index in [0.717, 1.165) is 0 Å². The monoisotopic (exact) mass is 361 g/mol. The van der Waals surface area contributed by atoms with Crippen LogP contribution in [0.3, 0.4) is 0 Å². The highest BCUT2D eigenvalue weighted by Gasteiger charge is 2.16. The summed E-state index contributed by atoms with van der Waals surface area (Å²) >= 11 is 5.96. The number of carboxylic acid groups (broad SMARTS) is 1. The minimum Gasteiger partial charge on any atom is -0.497 e. The minimum absolute atomic E-state index is 0.179. The number of aliphatic carboxylic acids is 1. The van der Waals surface area contributed by atoms with Crippen molar-refractivity contribution in [3.05, 3.63) is 64.3 Å². The summed E-state index contributed by atoms with van der Waals surface area (Å²) in [4.78, 5) is 23.8. The molecule has 2 rings (SSSR count). The molecule has 0 atom stereocenters. The van der Waals surface area contributed by atoms with Crippen LogP contribution in [0.4, 0.5) is 0 Å². The lowest BCUT2D eigenvalue weighted by Crippen LogP contribution is -2.27. The molecule has 0 aromatic heterocycles. The van der Waals surface area contributed by atoms with Gasteiger partial charge < -0.3 is 19.9 Å². The second-order valence-corrected chi connectivity index (χ2v) is 5.31. The second-order valence-electron chi connectivity index (χ2n) is 4.91. The van der Waals surface area contributed by atoms with Gasteiger partial charge in [0, 0.05) is 11.6 Å². The quantitative estimate of drug-likeness (QED) is 0.772. The van der Waals surface area contributed by atoms with E-state index in [1.54, 1.807) is 36.4 Å². The third kappa shape index (κ3) is 4.51. The van der Waals surface area contributed by atoms with E-state index in [1.165, 1.54) is 26.4 Å². The van der Waals surface area contributed by atoms with E-state index in [9.17, 15) is 14.7 Å². The van der Waals surface area contributed by atoms with E-state index in [1.807, 2.05) is 0 Å². The number of hydrogen-bond donors (Lipinski definition) is 2. The molecule has 130 valence electrons. The number of carbonyl (C=O) groups is 2. The molecule has 0 unspecified atom stereocenters. The number of carboxylic acids is 1. The Morgan fingerprint density at radius 2 is 1.84 bits per heavy atom. The van der Waals surface area contributed by atoms with Crippen molar-refractivity contribution in [1.29, 1.82) is 0 Å². The lowest BCUT2D eigenvalue weighted by molar-refractivity contribution is -0.132. The average molecular weight is 362 g/mol. The summed E-state index contributed by atoms with van der Waals surface area (Å²) in [7, 11) is 2.96. The Bertz CT molecular complexity index is 832. The van der Waals surface area contributed by atoms with Crippen LogP contribution in [-0.4, -0.2) is 31.2 Å². The number of halogens is 1. The van der Waals surface area contributed by atoms with Crippen LogP contribution in [0.2, 0.25) is 5.02 Å². The molecule has 6 nitrogen and oxygen atoms in total. The van der Waals surface area contributed by atoms with Crippen LogP contribution in [0.5, 0.6) is 11.5 Å². The summed E-state index contributed by atoms with van der Waals surface area (Å²) < 4.78 is 10.3. The number of rotatable bonds is 6. The lowest BCUT2D eigenvalue weighted by atomic mass is 10.1. The van der Waals surface area contributed by atoms with Gasteiger partial charge in [0.15, 0.2) is 0 Å². The maximum Gasteiger partial charge on any atom is 0.352 e. The molecule has 0 saturated heterocycles. The molecule has 7 heteroatoms. The Balaban J connectivity index is 2.35. The molecule has 2 aromatic carbocycles. The van der Waals surface area contributed by atoms with Crippen molar-refractivity contribution >= 4 is 29.6 Å². The zero-order valence-electron chi connectivity index (χ0n) is 13.6. The van der Waals surface area contributed by atoms with Gasteiger partial charge in [0.25, 0.3) is 5.91 Å². The smallest absolute Gasteiger partial charge is 0.352 e. The summed E-state index contributed by atoms with van der Waals surface area (Å²) in [5.74, 6) is -0.943. The van der Waals surface area contributed by atoms with Crippen LogP contribution in [0.1, 0.15) is 15.9 Å². The standard InChI is InChI=1S/C18H16ClNO5/c1-24-12-8-7-11(16(10-12)25-2)9-15(18(22)23)20-17(21)13-5-3-4-6-14(13)19/h3-10H,1-2H3,(H,20,21)(H,22,23). The van der Waals surface area contributed by atoms with Crippen molar-refractivity contribution in [3.8, 4) is 11.5 Å². The van der Waals surface area contributed by atoms with Gasteiger partial charge in [0.05, 0.1) is 24.8 Å². The third-order valence-corrected chi connectivity index (χ3v) is 3.67. The molecule has 2 N–H and O–H groups in total. The molecular formula is C18H16ClNO5. The summed E-state index contributed by atoms with van der Waals surface area (Å²) in [6.07, 6.45) is 1.30. The van der Waals surface area contributed by atoms with Crippen LogP contribution < -0.4 is 14.8 Å². The van der Waals surface area contributed by atoms with E-state index in [-0.39, 0.29) is 16.3 Å². The Morgan fingerprint density at radius 3 is 2.44 bits per heavy atom. The topological polar surface area (TPSA) is 84.9 Å². The number of carbonyl (C=O) groups excluding carboxylic acids is 1. The summed E-state index contributed by atoms with van der Waals surface area (Å²) in [5, 5.41) is 12.0. The Kier molecular flexibility index (Phi) is 6.03. The number of ether oxygens (including phenoxy) is 2. The molecule has 0 aliphatic heterocycles. The molecule has 0 radical (unpaired) electrons. The predicted octanol–water partition coefficient (Wildman–Crippen LogP) is 3.21. The number of methoxy groups -OCH3 is 2. The van der Waals surface area contributed by atoms with E-state index >= 15 is 0 Å². The molecule has 2 aromatic rings. The maximum atomic E-state index is 12.3. The van der Waals surface area contributed by atoms with Gasteiger partial charge in [0.1, 0.15) is 17.2 Å². The highest BCUT2D eigenvalue weighted by Crippen LogP contribution is 2.26. The van der Waals surface area contributed by atoms with Gasteiger partial charge in [0.2, 0.25) is 0 Å². The van der Waals surface area contributed by atoms with E-state index in [0.29, 0.717) is 17.1 Å². The molecular weight excluding hydrogens is 346 g/mol. The first-order valence-corrected chi connectivity index (χ1v) is 7.57. The van der Waals surface area contributed by atoms with Gasteiger partial charge in [-0.25, -0.2) is 4.79 Å². The highest BCUT2D eigenvalue weighted by molar-refractivity contribution is 6.34. The highest BCUT2D eigenvalue weighted by atomic mass is 35.5. The summed E-state index contributed by atoms with van der Waals surface area (Å²) in [6, 6.07) is 11.3. The number of nitrogens with one attached hydrogen (secondary N) is 1. The van der Waals surface area contributed by atoms with Crippen molar-refractivity contribution in [2.45, 2.75) is 0 Å². The first-order chi connectivity index (χ1) is 12.0. The fraction of sp³-hybridized carbons (Fsp3) is 0.111. The van der Waals surface area contributed by atoms with Crippen LogP contribution in [0.15, 0.2) is 48.2 Å². The molecule has 0 aliphatic rings. The summed E-state index contributed by atoms with van der Waals surface area (Å²) in [5.41, 5.74) is 0.339. The second kappa shape index (κ2) is 8.21. The zero-order chi connectivity index (χ0) is 18.4. The molecule has 0 heterocycles. The molecule has 1 amide bonds. The van der Waals surface area contributed by atoms with Gasteiger partial charge in [-0.2, -0.15) is 0 Å². The van der Waals surface area contributed by atoms with Crippen molar-refractivity contribution in [1.82, 2.24) is 5.32 Å². The minimum atomic E-state index is -1.29. The van der Waals surface area contributed by atoms with Gasteiger partial charge in [-0.15, -0.1) is 0 Å². The van der Waals surface area contributed by atoms with Crippen molar-refractivity contribution < 1.29 is 24.2 Å². The number of benzene rings is 2. The SMILES string of the molecule is COc1ccc(C=C(NC(=O)c2ccccc2Cl)C(=O)O)c(OC)c1. The Hall–Kier alpha value is -2.99. The Morgan fingerprint density at radius 1 is 1.12 bits per heavy atom. The molecule has 0 saturated carbocycles. The van der Waals surface area contributed by atoms with E-state index < -0.39 is 11.9 Å². The van der Waals surface area contributed by atoms with Crippen LogP contribution in [-0.2, 0) is 4.79 Å². The Labute approximate surface area is 149 Å². The maximum absolute atomic E-state index is 12.3. The van der Waals surface area contributed by atoms with E-state index in [4.69, 9.17) is 21.1 Å². The average Bonchev–Trinajstić information content (AvgIpc) is 2.61. The van der Waals surface area contributed by atoms with Crippen LogP contribution >= 0.6 is 11.6 Å². The van der Waals surface area contributed by atoms with Gasteiger partial charge in [-0.3, -0.25) is 4.79 Å². The lowest BCUT2D eigenvalue weighted by Gasteiger charge is -2.10. The fourth-order valence-corrected chi connectivity index (χ4v) is 2.30. The van der Waals surface area contributed by atoms with Gasteiger partial charge in [-0.05, 0) is 30.3 Å². The van der Waals surface area contributed by atoms with E-state index in [2.05, 4.69) is 5.32 Å². The summed E-state index contributed by atoms with van der Waals surface area (Å²) in [6.45, 7) is 0. The number of amides is 1. The van der Waals surface area contributed by atoms with Crippen molar-refractivity contribution in [3.63, 3.8) is 0 Å². The number of hydrogen-bond acceptors (Lipinski definition) is 4. The third-order valence-electron chi connectivity index (χ3n) is 3.34. The van der Waals surface area contributed by atoms with Crippen molar-refractivity contribution in [2.75, 3.05) is 14.2 Å². The van der Waals surface area contributed by atoms with Crippen LogP contribution in [0.25, 0.3) is 6.08 Å². The first kappa shape index (κ1) is 18.4. The predicted molar refractivity (Wildman–Crippen MR) is 94.1 cm³/mol. The first-order valence-electron chi connectivity index (χ1n) is 7.19. The molecule has 25 heavy (non-hydrogen) atoms. The molecule has 0 aliphatic carbocycles. The van der Waals surface area contributed by atoms with Crippen molar-refractivity contribution in [2.24, 2.45) is 0 Å². The fourth-order valence-electron chi connectivity index (χ4n) is 2.08. The molecule has 0 fully saturated rings. The van der Waals surface area contributed by atoms with Gasteiger partial charge in [-0.1, -0.05) is 23.7 Å². The van der Waals surface area contributed by atoms with Crippen LogP contribution in [0, 0.1) is 0 Å². The molecule has 0 spiro atoms. The largest absolute Gasteiger partial charge is 0.497 e. The normalized spacial score (nSPS) is 10.9. The zero-order valence-corrected chi connectivity index (χ0v) is 14.3. The molecule has 0 bridgehead atoms. The van der Waals surface area contributed by atoms with Gasteiger partial charge >= 0.3 is 5.97 Å².